The molecule has 0 bridgehead atoms. The van der Waals surface area contributed by atoms with Crippen LogP contribution in [0.1, 0.15) is 29.3 Å². The standard InChI is InChI=1S/C12H14INO2S2/c13-12-6-9-10(2-1-3-11(9)17-12)14-8-4-5-18(15,16)7-8/h4-6,8,10,14H,1-3,7H2. The zero-order chi connectivity index (χ0) is 12.8. The third-order valence-corrected chi connectivity index (χ3v) is 6.80. The van der Waals surface area contributed by atoms with Crippen molar-refractivity contribution >= 4 is 43.8 Å². The molecule has 2 unspecified atom stereocenters. The van der Waals surface area contributed by atoms with Crippen LogP contribution in [0.25, 0.3) is 0 Å². The predicted octanol–water partition coefficient (Wildman–Crippen LogP) is 2.63. The van der Waals surface area contributed by atoms with Gasteiger partial charge in [-0.05, 0) is 53.5 Å². The topological polar surface area (TPSA) is 46.2 Å². The molecule has 0 amide bonds. The number of hydrogen-bond acceptors (Lipinski definition) is 4. The number of hydrogen-bond donors (Lipinski definition) is 1. The van der Waals surface area contributed by atoms with Gasteiger partial charge in [-0.15, -0.1) is 11.3 Å². The number of nitrogens with one attached hydrogen (secondary N) is 1. The van der Waals surface area contributed by atoms with E-state index in [1.165, 1.54) is 31.6 Å². The molecule has 1 aliphatic carbocycles. The quantitative estimate of drug-likeness (QED) is 0.784. The van der Waals surface area contributed by atoms with Gasteiger partial charge >= 0.3 is 0 Å². The Morgan fingerprint density at radius 2 is 2.28 bits per heavy atom. The van der Waals surface area contributed by atoms with Crippen molar-refractivity contribution in [1.29, 1.82) is 0 Å². The van der Waals surface area contributed by atoms with Gasteiger partial charge in [0.15, 0.2) is 9.84 Å². The molecule has 1 aromatic heterocycles. The van der Waals surface area contributed by atoms with Gasteiger partial charge in [0.1, 0.15) is 0 Å². The van der Waals surface area contributed by atoms with E-state index >= 15 is 0 Å². The Morgan fingerprint density at radius 3 is 3.00 bits per heavy atom. The SMILES string of the molecule is O=S1(=O)C=CC(NC2CCCc3sc(I)cc32)C1. The summed E-state index contributed by atoms with van der Waals surface area (Å²) in [5.74, 6) is 0.208. The van der Waals surface area contributed by atoms with Crippen LogP contribution >= 0.6 is 33.9 Å². The molecule has 0 radical (unpaired) electrons. The fraction of sp³-hybridized carbons (Fsp3) is 0.500. The first kappa shape index (κ1) is 13.1. The van der Waals surface area contributed by atoms with Crippen LogP contribution < -0.4 is 5.32 Å². The van der Waals surface area contributed by atoms with Gasteiger partial charge in [-0.2, -0.15) is 0 Å². The van der Waals surface area contributed by atoms with Crippen LogP contribution in [-0.4, -0.2) is 20.2 Å². The summed E-state index contributed by atoms with van der Waals surface area (Å²) >= 11 is 4.22. The number of thiophene rings is 1. The lowest BCUT2D eigenvalue weighted by atomic mass is 9.93. The van der Waals surface area contributed by atoms with Gasteiger partial charge in [0.05, 0.1) is 8.64 Å². The van der Waals surface area contributed by atoms with E-state index in [0.717, 1.165) is 6.42 Å². The molecule has 1 N–H and O–H groups in total. The van der Waals surface area contributed by atoms with E-state index in [0.29, 0.717) is 6.04 Å². The summed E-state index contributed by atoms with van der Waals surface area (Å²) < 4.78 is 24.1. The van der Waals surface area contributed by atoms with Gasteiger partial charge < -0.3 is 5.32 Å². The van der Waals surface area contributed by atoms with E-state index in [1.807, 2.05) is 11.3 Å². The molecule has 1 aliphatic heterocycles. The molecule has 0 fully saturated rings. The summed E-state index contributed by atoms with van der Waals surface area (Å²) in [6, 6.07) is 2.53. The number of halogens is 1. The number of aryl methyl sites for hydroxylation is 1. The first-order chi connectivity index (χ1) is 8.53. The highest BCUT2D eigenvalue weighted by Gasteiger charge is 2.28. The highest BCUT2D eigenvalue weighted by molar-refractivity contribution is 14.1. The molecule has 18 heavy (non-hydrogen) atoms. The fourth-order valence-corrected chi connectivity index (χ4v) is 6.00. The van der Waals surface area contributed by atoms with Gasteiger partial charge in [0.25, 0.3) is 0 Å². The molecular formula is C12H14INO2S2. The van der Waals surface area contributed by atoms with E-state index in [2.05, 4.69) is 34.0 Å². The lowest BCUT2D eigenvalue weighted by Gasteiger charge is -2.26. The molecule has 2 atom stereocenters. The van der Waals surface area contributed by atoms with Crippen molar-refractivity contribution in [3.05, 3.63) is 30.9 Å². The van der Waals surface area contributed by atoms with Crippen molar-refractivity contribution in [3.63, 3.8) is 0 Å². The van der Waals surface area contributed by atoms with Crippen molar-refractivity contribution < 1.29 is 8.42 Å². The Balaban J connectivity index is 1.77. The highest BCUT2D eigenvalue weighted by atomic mass is 127. The molecule has 98 valence electrons. The highest BCUT2D eigenvalue weighted by Crippen LogP contribution is 2.36. The summed E-state index contributed by atoms with van der Waals surface area (Å²) in [6.07, 6.45) is 5.23. The zero-order valence-electron chi connectivity index (χ0n) is 9.73. The van der Waals surface area contributed by atoms with Gasteiger partial charge in [-0.25, -0.2) is 8.42 Å². The maximum absolute atomic E-state index is 11.4. The molecule has 1 aromatic rings. The Kier molecular flexibility index (Phi) is 3.55. The molecule has 2 aliphatic rings. The van der Waals surface area contributed by atoms with E-state index in [9.17, 15) is 8.42 Å². The number of rotatable bonds is 2. The van der Waals surface area contributed by atoms with Gasteiger partial charge in [-0.1, -0.05) is 6.08 Å². The third kappa shape index (κ3) is 2.66. The zero-order valence-corrected chi connectivity index (χ0v) is 13.5. The van der Waals surface area contributed by atoms with Crippen LogP contribution in [0.3, 0.4) is 0 Å². The fourth-order valence-electron chi connectivity index (χ4n) is 2.63. The van der Waals surface area contributed by atoms with Crippen molar-refractivity contribution in [2.45, 2.75) is 31.3 Å². The summed E-state index contributed by atoms with van der Waals surface area (Å²) in [5, 5.41) is 4.82. The average molecular weight is 395 g/mol. The summed E-state index contributed by atoms with van der Waals surface area (Å²) in [6.45, 7) is 0. The van der Waals surface area contributed by atoms with Crippen LogP contribution in [0, 0.1) is 2.88 Å². The van der Waals surface area contributed by atoms with E-state index in [-0.39, 0.29) is 11.8 Å². The lowest BCUT2D eigenvalue weighted by molar-refractivity contribution is 0.445. The van der Waals surface area contributed by atoms with Crippen molar-refractivity contribution in [3.8, 4) is 0 Å². The van der Waals surface area contributed by atoms with Crippen LogP contribution in [-0.2, 0) is 16.3 Å². The van der Waals surface area contributed by atoms with Gasteiger partial charge in [-0.3, -0.25) is 0 Å². The van der Waals surface area contributed by atoms with E-state index < -0.39 is 9.84 Å². The third-order valence-electron chi connectivity index (χ3n) is 3.43. The minimum Gasteiger partial charge on any atom is -0.303 e. The Morgan fingerprint density at radius 1 is 1.44 bits per heavy atom. The van der Waals surface area contributed by atoms with E-state index in [1.54, 1.807) is 6.08 Å². The molecule has 3 rings (SSSR count). The normalized spacial score (nSPS) is 29.4. The molecule has 6 heteroatoms. The second-order valence-corrected chi connectivity index (χ2v) is 9.77. The molecule has 0 saturated heterocycles. The second-order valence-electron chi connectivity index (χ2n) is 4.81. The molecule has 3 nitrogen and oxygen atoms in total. The molecular weight excluding hydrogens is 381 g/mol. The Labute approximate surface area is 125 Å². The largest absolute Gasteiger partial charge is 0.303 e. The number of fused-ring (bicyclic) bond motifs is 1. The van der Waals surface area contributed by atoms with Crippen molar-refractivity contribution in [2.24, 2.45) is 0 Å². The first-order valence-electron chi connectivity index (χ1n) is 5.99. The smallest absolute Gasteiger partial charge is 0.173 e. The van der Waals surface area contributed by atoms with Crippen LogP contribution in [0.2, 0.25) is 0 Å². The summed E-state index contributed by atoms with van der Waals surface area (Å²) in [4.78, 5) is 1.47. The maximum atomic E-state index is 11.4. The monoisotopic (exact) mass is 395 g/mol. The minimum atomic E-state index is -2.96. The predicted molar refractivity (Wildman–Crippen MR) is 82.6 cm³/mol. The average Bonchev–Trinajstić information content (AvgIpc) is 2.81. The summed E-state index contributed by atoms with van der Waals surface area (Å²) in [5.41, 5.74) is 1.38. The Hall–Kier alpha value is 0.0800. The van der Waals surface area contributed by atoms with Gasteiger partial charge in [0, 0.05) is 22.4 Å². The van der Waals surface area contributed by atoms with Crippen molar-refractivity contribution in [2.75, 3.05) is 5.75 Å². The maximum Gasteiger partial charge on any atom is 0.173 e. The van der Waals surface area contributed by atoms with E-state index in [4.69, 9.17) is 0 Å². The minimum absolute atomic E-state index is 0.0245. The van der Waals surface area contributed by atoms with Crippen LogP contribution in [0.4, 0.5) is 0 Å². The molecule has 0 saturated carbocycles. The summed E-state index contributed by atoms with van der Waals surface area (Å²) in [7, 11) is -2.96. The molecule has 0 spiro atoms. The van der Waals surface area contributed by atoms with Crippen molar-refractivity contribution in [1.82, 2.24) is 5.32 Å². The van der Waals surface area contributed by atoms with Crippen LogP contribution in [0.5, 0.6) is 0 Å². The first-order valence-corrected chi connectivity index (χ1v) is 9.60. The Bertz CT molecular complexity index is 591. The van der Waals surface area contributed by atoms with Gasteiger partial charge in [0.2, 0.25) is 0 Å². The molecule has 2 heterocycles. The van der Waals surface area contributed by atoms with Crippen LogP contribution in [0.15, 0.2) is 17.6 Å². The lowest BCUT2D eigenvalue weighted by Crippen LogP contribution is -2.35. The second kappa shape index (κ2) is 4.88. The molecule has 0 aromatic carbocycles. The number of sulfone groups is 1.